The van der Waals surface area contributed by atoms with Crippen LogP contribution < -0.4 is 10.2 Å². The number of furan rings is 1. The number of carbonyl (C=O) groups is 1. The van der Waals surface area contributed by atoms with Gasteiger partial charge in [-0.3, -0.25) is 4.79 Å². The van der Waals surface area contributed by atoms with E-state index in [0.29, 0.717) is 15.8 Å². The smallest absolute Gasteiger partial charge is 0.264 e. The van der Waals surface area contributed by atoms with Crippen molar-refractivity contribution in [1.82, 2.24) is 5.32 Å². The molecule has 0 radical (unpaired) electrons. The van der Waals surface area contributed by atoms with Crippen LogP contribution in [-0.2, 0) is 11.2 Å². The Kier molecular flexibility index (Phi) is 4.76. The van der Waals surface area contributed by atoms with E-state index in [1.807, 2.05) is 55.4 Å². The van der Waals surface area contributed by atoms with Crippen LogP contribution in [0.15, 0.2) is 50.7 Å². The van der Waals surface area contributed by atoms with Crippen LogP contribution in [0, 0.1) is 0 Å². The molecular weight excluding hydrogens is 322 g/mol. The van der Waals surface area contributed by atoms with Gasteiger partial charge in [0, 0.05) is 26.2 Å². The van der Waals surface area contributed by atoms with Crippen molar-refractivity contribution in [1.29, 1.82) is 0 Å². The molecule has 2 aromatic rings. The molecule has 1 aliphatic heterocycles. The Labute approximate surface area is 145 Å². The minimum atomic E-state index is -0.160. The van der Waals surface area contributed by atoms with Gasteiger partial charge in [0.2, 0.25) is 0 Å². The van der Waals surface area contributed by atoms with Crippen LogP contribution in [0.4, 0.5) is 11.6 Å². The summed E-state index contributed by atoms with van der Waals surface area (Å²) in [6.07, 6.45) is 2.73. The molecule has 1 aromatic carbocycles. The Morgan fingerprint density at radius 2 is 1.96 bits per heavy atom. The van der Waals surface area contributed by atoms with E-state index in [1.165, 1.54) is 17.3 Å². The topological polar surface area (TPSA) is 57.8 Å². The summed E-state index contributed by atoms with van der Waals surface area (Å²) in [4.78, 5) is 19.0. The number of thioether (sulfide) groups is 1. The molecule has 124 valence electrons. The summed E-state index contributed by atoms with van der Waals surface area (Å²) < 4.78 is 5.65. The molecule has 1 fully saturated rings. The van der Waals surface area contributed by atoms with Crippen LogP contribution in [0.2, 0.25) is 0 Å². The maximum atomic E-state index is 12.1. The number of hydrogen-bond donors (Lipinski definition) is 1. The van der Waals surface area contributed by atoms with E-state index in [2.05, 4.69) is 17.2 Å². The van der Waals surface area contributed by atoms with Gasteiger partial charge in [-0.15, -0.1) is 0 Å². The van der Waals surface area contributed by atoms with Gasteiger partial charge >= 0.3 is 0 Å². The Balaban J connectivity index is 1.76. The third-order valence-corrected chi connectivity index (χ3v) is 4.46. The number of hydrogen-bond acceptors (Lipinski definition) is 5. The standard InChI is InChI=1S/C18H19N3O2S/c1-4-12-5-7-13(8-6-12)19-18-20-17(22)15(24-18)11-14-9-10-16(23-14)21(2)3/h5-11H,4H2,1-3H3,(H,19,20,22). The molecule has 5 nitrogen and oxygen atoms in total. The van der Waals surface area contributed by atoms with E-state index in [4.69, 9.17) is 4.42 Å². The number of rotatable bonds is 4. The number of nitrogens with zero attached hydrogens (tertiary/aromatic N) is 2. The number of nitrogens with one attached hydrogen (secondary N) is 1. The minimum absolute atomic E-state index is 0.160. The molecule has 0 spiro atoms. The first kappa shape index (κ1) is 16.4. The monoisotopic (exact) mass is 341 g/mol. The second-order valence-corrected chi connectivity index (χ2v) is 6.60. The number of aryl methyl sites for hydroxylation is 1. The fraction of sp³-hybridized carbons (Fsp3) is 0.222. The predicted octanol–water partition coefficient (Wildman–Crippen LogP) is 3.80. The van der Waals surface area contributed by atoms with Crippen molar-refractivity contribution in [3.05, 3.63) is 52.6 Å². The molecule has 1 amide bonds. The lowest BCUT2D eigenvalue weighted by Gasteiger charge is -2.05. The lowest BCUT2D eigenvalue weighted by molar-refractivity contribution is -0.115. The van der Waals surface area contributed by atoms with Crippen LogP contribution >= 0.6 is 11.8 Å². The zero-order valence-electron chi connectivity index (χ0n) is 13.9. The van der Waals surface area contributed by atoms with E-state index in [9.17, 15) is 4.79 Å². The molecule has 0 unspecified atom stereocenters. The summed E-state index contributed by atoms with van der Waals surface area (Å²) in [6, 6.07) is 11.7. The zero-order valence-corrected chi connectivity index (χ0v) is 14.7. The number of benzene rings is 1. The van der Waals surface area contributed by atoms with Crippen molar-refractivity contribution in [2.45, 2.75) is 13.3 Å². The molecule has 1 aliphatic rings. The third kappa shape index (κ3) is 3.71. The largest absolute Gasteiger partial charge is 0.441 e. The first-order valence-electron chi connectivity index (χ1n) is 7.71. The molecule has 0 aliphatic carbocycles. The molecule has 3 rings (SSSR count). The first-order chi connectivity index (χ1) is 11.5. The average molecular weight is 341 g/mol. The molecule has 1 N–H and O–H groups in total. The summed E-state index contributed by atoms with van der Waals surface area (Å²) >= 11 is 1.31. The van der Waals surface area contributed by atoms with Gasteiger partial charge in [-0.25, -0.2) is 4.99 Å². The molecular formula is C18H19N3O2S. The number of carbonyl (C=O) groups excluding carboxylic acids is 1. The Morgan fingerprint density at radius 1 is 1.21 bits per heavy atom. The molecule has 0 saturated carbocycles. The highest BCUT2D eigenvalue weighted by Gasteiger charge is 2.24. The fourth-order valence-corrected chi connectivity index (χ4v) is 3.02. The van der Waals surface area contributed by atoms with Crippen molar-refractivity contribution in [2.24, 2.45) is 4.99 Å². The van der Waals surface area contributed by atoms with E-state index in [0.717, 1.165) is 18.0 Å². The highest BCUT2D eigenvalue weighted by atomic mass is 32.2. The van der Waals surface area contributed by atoms with Crippen LogP contribution in [0.1, 0.15) is 18.2 Å². The van der Waals surface area contributed by atoms with Crippen molar-refractivity contribution in [3.63, 3.8) is 0 Å². The number of amides is 1. The summed E-state index contributed by atoms with van der Waals surface area (Å²) in [5.41, 5.74) is 2.08. The van der Waals surface area contributed by atoms with Crippen LogP contribution in [0.5, 0.6) is 0 Å². The van der Waals surface area contributed by atoms with Crippen molar-refractivity contribution in [3.8, 4) is 0 Å². The Morgan fingerprint density at radius 3 is 2.58 bits per heavy atom. The van der Waals surface area contributed by atoms with Crippen molar-refractivity contribution < 1.29 is 9.21 Å². The van der Waals surface area contributed by atoms with Gasteiger partial charge in [0.1, 0.15) is 5.76 Å². The summed E-state index contributed by atoms with van der Waals surface area (Å²) in [5, 5.41) is 3.36. The molecule has 2 heterocycles. The van der Waals surface area contributed by atoms with Crippen LogP contribution in [0.3, 0.4) is 0 Å². The van der Waals surface area contributed by atoms with Crippen molar-refractivity contribution >= 4 is 40.5 Å². The minimum Gasteiger partial charge on any atom is -0.441 e. The quantitative estimate of drug-likeness (QED) is 0.860. The maximum Gasteiger partial charge on any atom is 0.264 e. The third-order valence-electron chi connectivity index (χ3n) is 3.55. The first-order valence-corrected chi connectivity index (χ1v) is 8.52. The van der Waals surface area contributed by atoms with Gasteiger partial charge in [0.05, 0.1) is 10.6 Å². The van der Waals surface area contributed by atoms with E-state index in [-0.39, 0.29) is 5.91 Å². The van der Waals surface area contributed by atoms with E-state index < -0.39 is 0 Å². The second kappa shape index (κ2) is 6.97. The van der Waals surface area contributed by atoms with E-state index in [1.54, 1.807) is 6.08 Å². The molecule has 24 heavy (non-hydrogen) atoms. The molecule has 0 atom stereocenters. The average Bonchev–Trinajstić information content (AvgIpc) is 3.16. The number of aliphatic imine (C=N–C) groups is 1. The van der Waals surface area contributed by atoms with Crippen LogP contribution in [-0.4, -0.2) is 25.2 Å². The highest BCUT2D eigenvalue weighted by Crippen LogP contribution is 2.29. The molecule has 1 aromatic heterocycles. The summed E-state index contributed by atoms with van der Waals surface area (Å²) in [6.45, 7) is 2.11. The van der Waals surface area contributed by atoms with Gasteiger partial charge < -0.3 is 14.6 Å². The molecule has 0 bridgehead atoms. The van der Waals surface area contributed by atoms with E-state index >= 15 is 0 Å². The normalized spacial score (nSPS) is 17.5. The number of anilines is 1. The second-order valence-electron chi connectivity index (χ2n) is 5.57. The van der Waals surface area contributed by atoms with Gasteiger partial charge in [0.25, 0.3) is 5.91 Å². The fourth-order valence-electron chi connectivity index (χ4n) is 2.19. The zero-order chi connectivity index (χ0) is 17.1. The lowest BCUT2D eigenvalue weighted by atomic mass is 10.2. The Hall–Kier alpha value is -2.47. The predicted molar refractivity (Wildman–Crippen MR) is 99.7 cm³/mol. The van der Waals surface area contributed by atoms with Gasteiger partial charge in [-0.05, 0) is 41.9 Å². The van der Waals surface area contributed by atoms with Crippen LogP contribution in [0.25, 0.3) is 6.08 Å². The number of amidine groups is 1. The lowest BCUT2D eigenvalue weighted by Crippen LogP contribution is -2.19. The summed E-state index contributed by atoms with van der Waals surface area (Å²) in [5.74, 6) is 1.23. The van der Waals surface area contributed by atoms with Crippen molar-refractivity contribution in [2.75, 3.05) is 19.0 Å². The van der Waals surface area contributed by atoms with Gasteiger partial charge in [0.15, 0.2) is 11.1 Å². The highest BCUT2D eigenvalue weighted by molar-refractivity contribution is 8.18. The Bertz CT molecular complexity index is 804. The maximum absolute atomic E-state index is 12.1. The SMILES string of the molecule is CCc1ccc(N=C2NC(=O)C(=Cc3ccc(N(C)C)o3)S2)cc1. The van der Waals surface area contributed by atoms with Gasteiger partial charge in [-0.2, -0.15) is 0 Å². The molecule has 6 heteroatoms. The molecule has 1 saturated heterocycles. The summed E-state index contributed by atoms with van der Waals surface area (Å²) in [7, 11) is 3.81. The van der Waals surface area contributed by atoms with Gasteiger partial charge in [-0.1, -0.05) is 19.1 Å².